The van der Waals surface area contributed by atoms with Gasteiger partial charge in [-0.2, -0.15) is 15.2 Å². The molecule has 1 aliphatic carbocycles. The first-order chi connectivity index (χ1) is 16.2. The summed E-state index contributed by atoms with van der Waals surface area (Å²) in [4.78, 5) is 16.3. The molecule has 1 amide bonds. The van der Waals surface area contributed by atoms with E-state index in [0.717, 1.165) is 18.4 Å². The zero-order valence-corrected chi connectivity index (χ0v) is 19.0. The number of aromatic nitrogens is 5. The summed E-state index contributed by atoms with van der Waals surface area (Å²) in [5.74, 6) is 1.87. The van der Waals surface area contributed by atoms with Gasteiger partial charge in [0.15, 0.2) is 18.2 Å². The minimum absolute atomic E-state index is 0.00947. The smallest absolute Gasteiger partial charge is 0.240 e. The van der Waals surface area contributed by atoms with Crippen LogP contribution in [0.4, 0.5) is 5.95 Å². The van der Waals surface area contributed by atoms with Crippen LogP contribution in [-0.4, -0.2) is 56.0 Å². The van der Waals surface area contributed by atoms with Gasteiger partial charge in [-0.15, -0.1) is 5.10 Å². The Morgan fingerprint density at radius 2 is 2.24 bits per heavy atom. The Balaban J connectivity index is 1.24. The van der Waals surface area contributed by atoms with Crippen molar-refractivity contribution < 1.29 is 14.3 Å². The van der Waals surface area contributed by atoms with Crippen LogP contribution in [0.15, 0.2) is 46.9 Å². The lowest BCUT2D eigenvalue weighted by atomic mass is 10.2. The van der Waals surface area contributed by atoms with Crippen LogP contribution in [0.5, 0.6) is 11.5 Å². The Morgan fingerprint density at radius 1 is 1.36 bits per heavy atom. The summed E-state index contributed by atoms with van der Waals surface area (Å²) >= 11 is 1.28. The van der Waals surface area contributed by atoms with E-state index in [2.05, 4.69) is 36.1 Å². The Morgan fingerprint density at radius 3 is 3.03 bits per heavy atom. The van der Waals surface area contributed by atoms with E-state index >= 15 is 0 Å². The Bertz CT molecular complexity index is 1060. The van der Waals surface area contributed by atoms with Gasteiger partial charge in [0, 0.05) is 18.4 Å². The molecule has 0 unspecified atom stereocenters. The van der Waals surface area contributed by atoms with Crippen LogP contribution in [0.1, 0.15) is 31.2 Å². The fraction of sp³-hybridized carbons (Fsp3) is 0.381. The summed E-state index contributed by atoms with van der Waals surface area (Å²) in [6.07, 6.45) is 9.64. The van der Waals surface area contributed by atoms with E-state index in [1.165, 1.54) is 24.6 Å². The van der Waals surface area contributed by atoms with Crippen LogP contribution >= 0.6 is 11.8 Å². The zero-order valence-electron chi connectivity index (χ0n) is 18.2. The van der Waals surface area contributed by atoms with E-state index in [0.29, 0.717) is 28.6 Å². The molecular weight excluding hydrogens is 444 g/mol. The number of aromatic amines is 1. The molecule has 0 radical (unpaired) electrons. The molecule has 2 heterocycles. The summed E-state index contributed by atoms with van der Waals surface area (Å²) in [5, 5.41) is 18.7. The molecule has 4 rings (SSSR count). The van der Waals surface area contributed by atoms with Gasteiger partial charge in [-0.1, -0.05) is 24.6 Å². The fourth-order valence-electron chi connectivity index (χ4n) is 3.39. The molecule has 0 aliphatic heterocycles. The molecule has 0 bridgehead atoms. The number of ether oxygens (including phenoxy) is 2. The maximum Gasteiger partial charge on any atom is 0.240 e. The van der Waals surface area contributed by atoms with E-state index in [4.69, 9.17) is 9.47 Å². The number of benzene rings is 1. The number of H-pyrrole nitrogens is 1. The number of thioether (sulfide) groups is 1. The van der Waals surface area contributed by atoms with E-state index in [1.54, 1.807) is 24.2 Å². The molecule has 174 valence electrons. The number of nitrogens with one attached hydrogen (secondary N) is 3. The molecule has 11 nitrogen and oxygen atoms in total. The third-order valence-electron chi connectivity index (χ3n) is 5.00. The molecule has 2 aromatic heterocycles. The predicted molar refractivity (Wildman–Crippen MR) is 125 cm³/mol. The lowest BCUT2D eigenvalue weighted by Crippen LogP contribution is -2.33. The number of hydrazone groups is 1. The second-order valence-corrected chi connectivity index (χ2v) is 8.35. The first-order valence-electron chi connectivity index (χ1n) is 10.6. The highest BCUT2D eigenvalue weighted by Gasteiger charge is 2.17. The van der Waals surface area contributed by atoms with Crippen LogP contribution < -0.4 is 20.2 Å². The number of methoxy groups -OCH3 is 1. The number of hydrogen-bond acceptors (Lipinski definition) is 9. The topological polar surface area (TPSA) is 131 Å². The molecule has 0 saturated heterocycles. The van der Waals surface area contributed by atoms with E-state index < -0.39 is 0 Å². The molecule has 0 atom stereocenters. The lowest BCUT2D eigenvalue weighted by molar-refractivity contribution is -0.119. The average molecular weight is 471 g/mol. The monoisotopic (exact) mass is 470 g/mol. The second kappa shape index (κ2) is 11.4. The van der Waals surface area contributed by atoms with Crippen molar-refractivity contribution >= 4 is 29.8 Å². The first kappa shape index (κ1) is 22.6. The van der Waals surface area contributed by atoms with E-state index in [-0.39, 0.29) is 18.4 Å². The SMILES string of the molecule is COc1cc(/C=N\Nc2nc(SCC(=O)NC3CCCC3)n[nH]2)ccc1OCn1cccn1. The number of carbonyl (C=O) groups excluding carboxylic acids is 1. The number of nitrogens with zero attached hydrogens (tertiary/aromatic N) is 5. The van der Waals surface area contributed by atoms with Gasteiger partial charge in [0.1, 0.15) is 0 Å². The van der Waals surface area contributed by atoms with Gasteiger partial charge in [0.05, 0.1) is 19.1 Å². The number of hydrogen-bond donors (Lipinski definition) is 3. The van der Waals surface area contributed by atoms with Crippen molar-refractivity contribution in [2.45, 2.75) is 43.6 Å². The van der Waals surface area contributed by atoms with Crippen LogP contribution in [0.25, 0.3) is 0 Å². The van der Waals surface area contributed by atoms with Crippen molar-refractivity contribution in [1.29, 1.82) is 0 Å². The van der Waals surface area contributed by atoms with Gasteiger partial charge in [-0.05, 0) is 42.7 Å². The van der Waals surface area contributed by atoms with Crippen LogP contribution in [0.2, 0.25) is 0 Å². The summed E-state index contributed by atoms with van der Waals surface area (Å²) in [6, 6.07) is 7.62. The fourth-order valence-corrected chi connectivity index (χ4v) is 4.00. The van der Waals surface area contributed by atoms with Crippen molar-refractivity contribution in [3.63, 3.8) is 0 Å². The predicted octanol–water partition coefficient (Wildman–Crippen LogP) is 2.64. The van der Waals surface area contributed by atoms with Gasteiger partial charge in [-0.3, -0.25) is 4.79 Å². The molecule has 3 N–H and O–H groups in total. The lowest BCUT2D eigenvalue weighted by Gasteiger charge is -2.11. The highest BCUT2D eigenvalue weighted by Crippen LogP contribution is 2.28. The van der Waals surface area contributed by atoms with Crippen LogP contribution in [-0.2, 0) is 11.5 Å². The van der Waals surface area contributed by atoms with Crippen LogP contribution in [0, 0.1) is 0 Å². The second-order valence-electron chi connectivity index (χ2n) is 7.40. The highest BCUT2D eigenvalue weighted by atomic mass is 32.2. The Hall–Kier alpha value is -3.54. The number of carbonyl (C=O) groups is 1. The molecule has 3 aromatic rings. The molecular formula is C21H26N8O3S. The molecule has 0 spiro atoms. The summed E-state index contributed by atoms with van der Waals surface area (Å²) in [6.45, 7) is 0.284. The van der Waals surface area contributed by atoms with Gasteiger partial charge in [-0.25, -0.2) is 15.2 Å². The van der Waals surface area contributed by atoms with Gasteiger partial charge >= 0.3 is 0 Å². The number of amides is 1. The molecule has 12 heteroatoms. The standard InChI is InChI=1S/C21H26N8O3S/c1-31-18-11-15(7-8-17(18)32-14-29-10-4-9-23-29)12-22-26-20-25-21(28-27-20)33-13-19(30)24-16-5-2-3-6-16/h4,7-12,16H,2-3,5-6,13-14H2,1H3,(H,24,30)(H2,25,26,27,28)/b22-12-. The average Bonchev–Trinajstić information content (AvgIpc) is 3.60. The van der Waals surface area contributed by atoms with Crippen molar-refractivity contribution in [1.82, 2.24) is 30.3 Å². The maximum absolute atomic E-state index is 12.0. The summed E-state index contributed by atoms with van der Waals surface area (Å²) in [5.41, 5.74) is 3.61. The number of rotatable bonds is 11. The van der Waals surface area contributed by atoms with E-state index in [1.807, 2.05) is 30.5 Å². The van der Waals surface area contributed by atoms with Crippen molar-refractivity contribution in [3.05, 3.63) is 42.2 Å². The van der Waals surface area contributed by atoms with Crippen molar-refractivity contribution in [2.24, 2.45) is 5.10 Å². The Kier molecular flexibility index (Phi) is 7.80. The van der Waals surface area contributed by atoms with E-state index in [9.17, 15) is 4.79 Å². The molecule has 1 saturated carbocycles. The minimum Gasteiger partial charge on any atom is -0.493 e. The first-order valence-corrected chi connectivity index (χ1v) is 11.6. The normalized spacial score (nSPS) is 14.0. The summed E-state index contributed by atoms with van der Waals surface area (Å²) in [7, 11) is 1.58. The minimum atomic E-state index is 0.00947. The van der Waals surface area contributed by atoms with Gasteiger partial charge in [0.2, 0.25) is 17.0 Å². The van der Waals surface area contributed by atoms with Crippen molar-refractivity contribution in [3.8, 4) is 11.5 Å². The largest absolute Gasteiger partial charge is 0.493 e. The van der Waals surface area contributed by atoms with Crippen molar-refractivity contribution in [2.75, 3.05) is 18.3 Å². The molecule has 1 aromatic carbocycles. The molecule has 1 fully saturated rings. The van der Waals surface area contributed by atoms with Gasteiger partial charge in [0.25, 0.3) is 0 Å². The third kappa shape index (κ3) is 6.72. The van der Waals surface area contributed by atoms with Gasteiger partial charge < -0.3 is 14.8 Å². The van der Waals surface area contributed by atoms with Crippen LogP contribution in [0.3, 0.4) is 0 Å². The molecule has 1 aliphatic rings. The maximum atomic E-state index is 12.0. The zero-order chi connectivity index (χ0) is 22.9. The Labute approximate surface area is 195 Å². The molecule has 33 heavy (non-hydrogen) atoms. The third-order valence-corrected chi connectivity index (χ3v) is 5.85. The highest BCUT2D eigenvalue weighted by molar-refractivity contribution is 7.99. The quantitative estimate of drug-likeness (QED) is 0.221. The summed E-state index contributed by atoms with van der Waals surface area (Å²) < 4.78 is 12.8. The number of anilines is 1.